The first-order chi connectivity index (χ1) is 12.7. The number of aromatic hydroxyl groups is 1. The SMILES string of the molecule is C[C@H](O)CN(C[C@@H](O)[C@@H](N)Cc1ccccc1)S(=O)(=O)c1ccc(O)cc1. The predicted molar refractivity (Wildman–Crippen MR) is 103 cm³/mol. The molecule has 2 rings (SSSR count). The van der Waals surface area contributed by atoms with Crippen LogP contribution in [0.2, 0.25) is 0 Å². The summed E-state index contributed by atoms with van der Waals surface area (Å²) in [4.78, 5) is -0.0372. The van der Waals surface area contributed by atoms with Crippen LogP contribution in [0.1, 0.15) is 12.5 Å². The van der Waals surface area contributed by atoms with Crippen LogP contribution in [0.3, 0.4) is 0 Å². The van der Waals surface area contributed by atoms with Gasteiger partial charge in [-0.1, -0.05) is 30.3 Å². The van der Waals surface area contributed by atoms with Gasteiger partial charge in [-0.15, -0.1) is 0 Å². The lowest BCUT2D eigenvalue weighted by atomic mass is 10.0. The molecule has 0 heterocycles. The molecule has 5 N–H and O–H groups in total. The molecule has 7 nitrogen and oxygen atoms in total. The number of hydrogen-bond acceptors (Lipinski definition) is 6. The monoisotopic (exact) mass is 394 g/mol. The predicted octanol–water partition coefficient (Wildman–Crippen LogP) is 0.695. The largest absolute Gasteiger partial charge is 0.508 e. The van der Waals surface area contributed by atoms with E-state index < -0.39 is 28.3 Å². The molecule has 0 aliphatic rings. The minimum Gasteiger partial charge on any atom is -0.508 e. The Kier molecular flexibility index (Phi) is 7.34. The van der Waals surface area contributed by atoms with Gasteiger partial charge in [-0.05, 0) is 43.2 Å². The molecule has 0 radical (unpaired) electrons. The van der Waals surface area contributed by atoms with Crippen LogP contribution in [0.25, 0.3) is 0 Å². The Labute approximate surface area is 159 Å². The minimum atomic E-state index is -3.97. The van der Waals surface area contributed by atoms with E-state index in [0.717, 1.165) is 9.87 Å². The Morgan fingerprint density at radius 3 is 2.15 bits per heavy atom. The summed E-state index contributed by atoms with van der Waals surface area (Å²) in [6, 6.07) is 13.8. The van der Waals surface area contributed by atoms with Crippen LogP contribution in [0.5, 0.6) is 5.75 Å². The number of hydrogen-bond donors (Lipinski definition) is 4. The van der Waals surface area contributed by atoms with Gasteiger partial charge < -0.3 is 21.1 Å². The normalized spacial score (nSPS) is 15.4. The quantitative estimate of drug-likeness (QED) is 0.496. The Hall–Kier alpha value is -1.97. The second kappa shape index (κ2) is 9.29. The lowest BCUT2D eigenvalue weighted by Crippen LogP contribution is -2.48. The van der Waals surface area contributed by atoms with Gasteiger partial charge in [0.15, 0.2) is 0 Å². The number of phenolic OH excluding ortho intramolecular Hbond substituents is 1. The summed E-state index contributed by atoms with van der Waals surface area (Å²) in [5.41, 5.74) is 7.00. The van der Waals surface area contributed by atoms with Crippen molar-refractivity contribution in [3.63, 3.8) is 0 Å². The second-order valence-electron chi connectivity index (χ2n) is 6.59. The molecule has 0 bridgehead atoms. The number of benzene rings is 2. The van der Waals surface area contributed by atoms with Crippen molar-refractivity contribution in [1.82, 2.24) is 4.31 Å². The topological polar surface area (TPSA) is 124 Å². The van der Waals surface area contributed by atoms with Crippen molar-refractivity contribution < 1.29 is 23.7 Å². The van der Waals surface area contributed by atoms with Crippen LogP contribution >= 0.6 is 0 Å². The molecule has 8 heteroatoms. The molecule has 0 spiro atoms. The van der Waals surface area contributed by atoms with E-state index in [4.69, 9.17) is 5.73 Å². The Morgan fingerprint density at radius 1 is 1.00 bits per heavy atom. The summed E-state index contributed by atoms with van der Waals surface area (Å²) in [5, 5.41) is 29.5. The Balaban J connectivity index is 2.16. The fourth-order valence-electron chi connectivity index (χ4n) is 2.70. The molecule has 0 aromatic heterocycles. The van der Waals surface area contributed by atoms with E-state index in [1.807, 2.05) is 30.3 Å². The minimum absolute atomic E-state index is 0.0372. The van der Waals surface area contributed by atoms with Crippen LogP contribution in [-0.4, -0.2) is 59.4 Å². The van der Waals surface area contributed by atoms with Gasteiger partial charge in [0.25, 0.3) is 0 Å². The molecule has 3 atom stereocenters. The Bertz CT molecular complexity index is 810. The highest BCUT2D eigenvalue weighted by Crippen LogP contribution is 2.20. The maximum Gasteiger partial charge on any atom is 0.243 e. The first kappa shape index (κ1) is 21.3. The van der Waals surface area contributed by atoms with Crippen molar-refractivity contribution in [3.8, 4) is 5.75 Å². The van der Waals surface area contributed by atoms with Crippen molar-refractivity contribution in [1.29, 1.82) is 0 Å². The van der Waals surface area contributed by atoms with Crippen LogP contribution in [0.15, 0.2) is 59.5 Å². The van der Waals surface area contributed by atoms with Gasteiger partial charge in [-0.2, -0.15) is 4.31 Å². The van der Waals surface area contributed by atoms with Crippen molar-refractivity contribution in [3.05, 3.63) is 60.2 Å². The highest BCUT2D eigenvalue weighted by molar-refractivity contribution is 7.89. The fraction of sp³-hybridized carbons (Fsp3) is 0.368. The molecular formula is C19H26N2O5S. The van der Waals surface area contributed by atoms with Crippen molar-refractivity contribution in [2.24, 2.45) is 5.73 Å². The van der Waals surface area contributed by atoms with Crippen LogP contribution in [0, 0.1) is 0 Å². The number of aliphatic hydroxyl groups excluding tert-OH is 2. The standard InChI is InChI=1S/C19H26N2O5S/c1-14(22)12-21(27(25,26)17-9-7-16(23)8-10-17)13-19(24)18(20)11-15-5-3-2-4-6-15/h2-10,14,18-19,22-24H,11-13,20H2,1H3/t14-,18-,19+/m0/s1. The summed E-state index contributed by atoms with van der Waals surface area (Å²) >= 11 is 0. The zero-order chi connectivity index (χ0) is 20.0. The molecular weight excluding hydrogens is 368 g/mol. The van der Waals surface area contributed by atoms with E-state index in [1.165, 1.54) is 31.2 Å². The van der Waals surface area contributed by atoms with E-state index in [1.54, 1.807) is 0 Å². The Morgan fingerprint density at radius 2 is 1.59 bits per heavy atom. The zero-order valence-electron chi connectivity index (χ0n) is 15.1. The zero-order valence-corrected chi connectivity index (χ0v) is 16.0. The van der Waals surface area contributed by atoms with Crippen LogP contribution in [-0.2, 0) is 16.4 Å². The van der Waals surface area contributed by atoms with Crippen molar-refractivity contribution in [2.45, 2.75) is 36.5 Å². The van der Waals surface area contributed by atoms with E-state index >= 15 is 0 Å². The lowest BCUT2D eigenvalue weighted by molar-refractivity contribution is 0.0985. The van der Waals surface area contributed by atoms with Gasteiger partial charge in [-0.25, -0.2) is 8.42 Å². The van der Waals surface area contributed by atoms with Crippen molar-refractivity contribution in [2.75, 3.05) is 13.1 Å². The molecule has 0 amide bonds. The highest BCUT2D eigenvalue weighted by atomic mass is 32.2. The van der Waals surface area contributed by atoms with Gasteiger partial charge >= 0.3 is 0 Å². The molecule has 0 unspecified atom stereocenters. The summed E-state index contributed by atoms with van der Waals surface area (Å²) in [6.45, 7) is 1.04. The third kappa shape index (κ3) is 6.02. The number of sulfonamides is 1. The summed E-state index contributed by atoms with van der Waals surface area (Å²) < 4.78 is 26.8. The van der Waals surface area contributed by atoms with E-state index in [0.29, 0.717) is 6.42 Å². The van der Waals surface area contributed by atoms with Gasteiger partial charge in [0.2, 0.25) is 10.0 Å². The molecule has 0 saturated carbocycles. The molecule has 2 aromatic rings. The van der Waals surface area contributed by atoms with Crippen molar-refractivity contribution >= 4 is 10.0 Å². The highest BCUT2D eigenvalue weighted by Gasteiger charge is 2.29. The lowest BCUT2D eigenvalue weighted by Gasteiger charge is -2.28. The fourth-order valence-corrected chi connectivity index (χ4v) is 4.24. The molecule has 0 aliphatic heterocycles. The molecule has 2 aromatic carbocycles. The second-order valence-corrected chi connectivity index (χ2v) is 8.52. The van der Waals surface area contributed by atoms with E-state index in [2.05, 4.69) is 0 Å². The van der Waals surface area contributed by atoms with E-state index in [-0.39, 0.29) is 23.7 Å². The van der Waals surface area contributed by atoms with Gasteiger partial charge in [0.1, 0.15) is 5.75 Å². The molecule has 27 heavy (non-hydrogen) atoms. The van der Waals surface area contributed by atoms with Crippen LogP contribution < -0.4 is 5.73 Å². The first-order valence-electron chi connectivity index (χ1n) is 8.65. The first-order valence-corrected chi connectivity index (χ1v) is 10.1. The average molecular weight is 394 g/mol. The number of nitrogens with zero attached hydrogens (tertiary/aromatic N) is 1. The number of aliphatic hydroxyl groups is 2. The van der Waals surface area contributed by atoms with Gasteiger partial charge in [-0.3, -0.25) is 0 Å². The smallest absolute Gasteiger partial charge is 0.243 e. The number of rotatable bonds is 9. The third-order valence-corrected chi connectivity index (χ3v) is 5.99. The van der Waals surface area contributed by atoms with E-state index in [9.17, 15) is 23.7 Å². The number of phenols is 1. The maximum absolute atomic E-state index is 12.9. The maximum atomic E-state index is 12.9. The molecule has 0 fully saturated rings. The summed E-state index contributed by atoms with van der Waals surface area (Å²) in [6.07, 6.45) is -1.64. The molecule has 0 saturated heterocycles. The van der Waals surface area contributed by atoms with Crippen LogP contribution in [0.4, 0.5) is 0 Å². The average Bonchev–Trinajstić information content (AvgIpc) is 2.62. The van der Waals surface area contributed by atoms with Gasteiger partial charge in [0, 0.05) is 19.1 Å². The summed E-state index contributed by atoms with van der Waals surface area (Å²) in [5.74, 6) is -0.0547. The van der Waals surface area contributed by atoms with Gasteiger partial charge in [0.05, 0.1) is 17.1 Å². The molecule has 0 aliphatic carbocycles. The third-order valence-electron chi connectivity index (χ3n) is 4.14. The number of nitrogens with two attached hydrogens (primary N) is 1. The summed E-state index contributed by atoms with van der Waals surface area (Å²) in [7, 11) is -3.97. The molecule has 148 valence electrons.